The summed E-state index contributed by atoms with van der Waals surface area (Å²) in [6.45, 7) is 5.40. The second-order valence-corrected chi connectivity index (χ2v) is 5.04. The molecule has 1 aromatic rings. The Labute approximate surface area is 120 Å². The number of carbonyl (C=O) groups is 1. The predicted octanol–water partition coefficient (Wildman–Crippen LogP) is 1.52. The van der Waals surface area contributed by atoms with Crippen molar-refractivity contribution in [2.75, 3.05) is 19.8 Å². The molecule has 0 radical (unpaired) electrons. The molecular weight excluding hydrogens is 256 g/mol. The molecule has 1 rings (SSSR count). The minimum absolute atomic E-state index is 0.0663. The molecule has 2 atom stereocenters. The number of rotatable bonds is 8. The van der Waals surface area contributed by atoms with Crippen molar-refractivity contribution in [3.8, 4) is 0 Å². The fraction of sp³-hybridized carbons (Fsp3) is 0.533. The minimum atomic E-state index is -0.263. The minimum Gasteiger partial charge on any atom is -0.394 e. The number of amides is 2. The van der Waals surface area contributed by atoms with Crippen molar-refractivity contribution in [3.05, 3.63) is 35.9 Å². The number of ether oxygens (including phenoxy) is 1. The first-order valence-electron chi connectivity index (χ1n) is 6.88. The van der Waals surface area contributed by atoms with Gasteiger partial charge in [-0.05, 0) is 18.4 Å². The smallest absolute Gasteiger partial charge is 0.315 e. The Morgan fingerprint density at radius 1 is 1.30 bits per heavy atom. The Morgan fingerprint density at radius 3 is 2.65 bits per heavy atom. The molecule has 0 saturated heterocycles. The van der Waals surface area contributed by atoms with Crippen LogP contribution >= 0.6 is 0 Å². The van der Waals surface area contributed by atoms with Gasteiger partial charge in [-0.1, -0.05) is 37.3 Å². The molecule has 0 bridgehead atoms. The highest BCUT2D eigenvalue weighted by molar-refractivity contribution is 5.74. The highest BCUT2D eigenvalue weighted by Crippen LogP contribution is 2.02. The maximum Gasteiger partial charge on any atom is 0.315 e. The molecule has 0 fully saturated rings. The van der Waals surface area contributed by atoms with E-state index in [2.05, 4.69) is 10.6 Å². The molecule has 0 aliphatic rings. The highest BCUT2D eigenvalue weighted by atomic mass is 16.5. The molecule has 0 aromatic heterocycles. The summed E-state index contributed by atoms with van der Waals surface area (Å²) in [5.41, 5.74) is 1.14. The van der Waals surface area contributed by atoms with Crippen LogP contribution < -0.4 is 10.6 Å². The lowest BCUT2D eigenvalue weighted by molar-refractivity contribution is 0.0923. The molecule has 5 heteroatoms. The SMILES string of the molecule is CC(CNC(=O)NC(C)CO)COCc1ccccc1. The van der Waals surface area contributed by atoms with Crippen molar-refractivity contribution < 1.29 is 14.6 Å². The van der Waals surface area contributed by atoms with Crippen LogP contribution in [0.3, 0.4) is 0 Å². The van der Waals surface area contributed by atoms with Gasteiger partial charge in [-0.15, -0.1) is 0 Å². The Bertz CT molecular complexity index is 384. The van der Waals surface area contributed by atoms with E-state index in [4.69, 9.17) is 9.84 Å². The molecule has 0 heterocycles. The van der Waals surface area contributed by atoms with Crippen molar-refractivity contribution in [3.63, 3.8) is 0 Å². The largest absolute Gasteiger partial charge is 0.394 e. The maximum absolute atomic E-state index is 11.4. The molecule has 20 heavy (non-hydrogen) atoms. The normalized spacial score (nSPS) is 13.6. The summed E-state index contributed by atoms with van der Waals surface area (Å²) in [5, 5.41) is 14.2. The summed E-state index contributed by atoms with van der Waals surface area (Å²) in [4.78, 5) is 11.4. The third-order valence-corrected chi connectivity index (χ3v) is 2.78. The Hall–Kier alpha value is -1.59. The average molecular weight is 280 g/mol. The fourth-order valence-corrected chi connectivity index (χ4v) is 1.60. The van der Waals surface area contributed by atoms with E-state index in [1.807, 2.05) is 37.3 Å². The molecule has 2 unspecified atom stereocenters. The van der Waals surface area contributed by atoms with E-state index in [1.165, 1.54) is 0 Å². The van der Waals surface area contributed by atoms with Gasteiger partial charge in [-0.2, -0.15) is 0 Å². The molecule has 0 saturated carbocycles. The van der Waals surface area contributed by atoms with Gasteiger partial charge in [0.2, 0.25) is 0 Å². The van der Waals surface area contributed by atoms with E-state index in [0.717, 1.165) is 5.56 Å². The molecule has 1 aromatic carbocycles. The molecular formula is C15H24N2O3. The summed E-state index contributed by atoms with van der Waals surface area (Å²) in [7, 11) is 0. The van der Waals surface area contributed by atoms with E-state index < -0.39 is 0 Å². The van der Waals surface area contributed by atoms with E-state index in [-0.39, 0.29) is 24.6 Å². The van der Waals surface area contributed by atoms with E-state index in [1.54, 1.807) is 6.92 Å². The lowest BCUT2D eigenvalue weighted by Crippen LogP contribution is -2.43. The van der Waals surface area contributed by atoms with Crippen LogP contribution in [0.4, 0.5) is 4.79 Å². The lowest BCUT2D eigenvalue weighted by atomic mass is 10.2. The summed E-state index contributed by atoms with van der Waals surface area (Å²) in [5.74, 6) is 0.230. The van der Waals surface area contributed by atoms with Crippen LogP contribution in [0, 0.1) is 5.92 Å². The van der Waals surface area contributed by atoms with Crippen molar-refractivity contribution >= 4 is 6.03 Å². The van der Waals surface area contributed by atoms with Crippen LogP contribution in [0.15, 0.2) is 30.3 Å². The fourth-order valence-electron chi connectivity index (χ4n) is 1.60. The first kappa shape index (κ1) is 16.5. The van der Waals surface area contributed by atoms with E-state index >= 15 is 0 Å². The van der Waals surface area contributed by atoms with Gasteiger partial charge in [0.25, 0.3) is 0 Å². The topological polar surface area (TPSA) is 70.6 Å². The second-order valence-electron chi connectivity index (χ2n) is 5.04. The molecule has 112 valence electrons. The van der Waals surface area contributed by atoms with Crippen molar-refractivity contribution in [1.29, 1.82) is 0 Å². The van der Waals surface area contributed by atoms with Gasteiger partial charge in [0.1, 0.15) is 0 Å². The summed E-state index contributed by atoms with van der Waals surface area (Å²) >= 11 is 0. The lowest BCUT2D eigenvalue weighted by Gasteiger charge is -2.15. The van der Waals surface area contributed by atoms with Gasteiger partial charge in [-0.25, -0.2) is 4.79 Å². The zero-order valence-corrected chi connectivity index (χ0v) is 12.1. The standard InChI is InChI=1S/C15H24N2O3/c1-12(8-16-15(19)17-13(2)9-18)10-20-11-14-6-4-3-5-7-14/h3-7,12-13,18H,8-11H2,1-2H3,(H2,16,17,19). The zero-order valence-electron chi connectivity index (χ0n) is 12.1. The van der Waals surface area contributed by atoms with Crippen LogP contribution in [0.1, 0.15) is 19.4 Å². The van der Waals surface area contributed by atoms with Crippen LogP contribution in [0.5, 0.6) is 0 Å². The quantitative estimate of drug-likeness (QED) is 0.676. The zero-order chi connectivity index (χ0) is 14.8. The number of aliphatic hydroxyl groups is 1. The second kappa shape index (κ2) is 9.34. The van der Waals surface area contributed by atoms with Crippen LogP contribution in [-0.4, -0.2) is 36.9 Å². The van der Waals surface area contributed by atoms with Gasteiger partial charge in [-0.3, -0.25) is 0 Å². The number of hydrogen-bond acceptors (Lipinski definition) is 3. The van der Waals surface area contributed by atoms with Gasteiger partial charge in [0.05, 0.1) is 25.9 Å². The number of carbonyl (C=O) groups excluding carboxylic acids is 1. The van der Waals surface area contributed by atoms with Crippen molar-refractivity contribution in [2.24, 2.45) is 5.92 Å². The molecule has 0 spiro atoms. The third-order valence-electron chi connectivity index (χ3n) is 2.78. The summed E-state index contributed by atoms with van der Waals surface area (Å²) in [6.07, 6.45) is 0. The third kappa shape index (κ3) is 7.11. The van der Waals surface area contributed by atoms with Gasteiger partial charge >= 0.3 is 6.03 Å². The van der Waals surface area contributed by atoms with Crippen LogP contribution in [-0.2, 0) is 11.3 Å². The van der Waals surface area contributed by atoms with E-state index in [0.29, 0.717) is 19.8 Å². The van der Waals surface area contributed by atoms with Gasteiger partial charge < -0.3 is 20.5 Å². The maximum atomic E-state index is 11.4. The number of benzene rings is 1. The number of hydrogen-bond donors (Lipinski definition) is 3. The van der Waals surface area contributed by atoms with Crippen molar-refractivity contribution in [1.82, 2.24) is 10.6 Å². The Morgan fingerprint density at radius 2 is 2.00 bits per heavy atom. The average Bonchev–Trinajstić information content (AvgIpc) is 2.46. The predicted molar refractivity (Wildman–Crippen MR) is 78.3 cm³/mol. The summed E-state index contributed by atoms with van der Waals surface area (Å²) < 4.78 is 5.60. The van der Waals surface area contributed by atoms with Crippen LogP contribution in [0.2, 0.25) is 0 Å². The Balaban J connectivity index is 2.11. The number of urea groups is 1. The number of aliphatic hydroxyl groups excluding tert-OH is 1. The first-order valence-corrected chi connectivity index (χ1v) is 6.88. The van der Waals surface area contributed by atoms with Crippen LogP contribution in [0.25, 0.3) is 0 Å². The molecule has 2 amide bonds. The first-order chi connectivity index (χ1) is 9.61. The van der Waals surface area contributed by atoms with Gasteiger partial charge in [0, 0.05) is 6.54 Å². The molecule has 3 N–H and O–H groups in total. The molecule has 0 aliphatic carbocycles. The van der Waals surface area contributed by atoms with E-state index in [9.17, 15) is 4.79 Å². The number of nitrogens with one attached hydrogen (secondary N) is 2. The Kier molecular flexibility index (Phi) is 7.69. The van der Waals surface area contributed by atoms with Crippen molar-refractivity contribution in [2.45, 2.75) is 26.5 Å². The molecule has 0 aliphatic heterocycles. The van der Waals surface area contributed by atoms with Gasteiger partial charge in [0.15, 0.2) is 0 Å². The summed E-state index contributed by atoms with van der Waals surface area (Å²) in [6, 6.07) is 9.48. The highest BCUT2D eigenvalue weighted by Gasteiger charge is 2.08. The monoisotopic (exact) mass is 280 g/mol. The molecule has 5 nitrogen and oxygen atoms in total.